The van der Waals surface area contributed by atoms with E-state index >= 15 is 0 Å². The van der Waals surface area contributed by atoms with Gasteiger partial charge in [0.2, 0.25) is 0 Å². The molecule has 0 saturated heterocycles. The van der Waals surface area contributed by atoms with Gasteiger partial charge in [-0.2, -0.15) is 15.0 Å². The molecule has 0 N–H and O–H groups in total. The first-order valence-corrected chi connectivity index (χ1v) is 10.7. The van der Waals surface area contributed by atoms with Gasteiger partial charge in [-0.15, -0.1) is 0 Å². The molecule has 0 aromatic carbocycles. The average Bonchev–Trinajstić information content (AvgIpc) is 2.91. The molecule has 1 saturated carbocycles. The first-order valence-electron chi connectivity index (χ1n) is 6.96. The number of carbonyl (C=O) groups excluding carboxylic acids is 1. The summed E-state index contributed by atoms with van der Waals surface area (Å²) in [6.45, 7) is 8.12. The van der Waals surface area contributed by atoms with Gasteiger partial charge < -0.3 is 4.74 Å². The molecule has 19 heavy (non-hydrogen) atoms. The Hall–Kier alpha value is -1.01. The highest BCUT2D eigenvalue weighted by molar-refractivity contribution is 6.76. The van der Waals surface area contributed by atoms with E-state index in [1.54, 1.807) is 11.0 Å². The number of aromatic nitrogens is 3. The molecule has 0 aliphatic heterocycles. The topological polar surface area (TPSA) is 57.0 Å². The van der Waals surface area contributed by atoms with Crippen molar-refractivity contribution in [2.75, 3.05) is 6.61 Å². The lowest BCUT2D eigenvalue weighted by Gasteiger charge is -2.14. The van der Waals surface area contributed by atoms with Crippen LogP contribution < -0.4 is 0 Å². The molecule has 1 aromatic heterocycles. The minimum Gasteiger partial charge on any atom is -0.358 e. The van der Waals surface area contributed by atoms with E-state index in [1.165, 1.54) is 0 Å². The lowest BCUT2D eigenvalue weighted by atomic mass is 10.0. The maximum absolute atomic E-state index is 11.7. The van der Waals surface area contributed by atoms with Crippen molar-refractivity contribution < 1.29 is 9.53 Å². The molecule has 1 fully saturated rings. The van der Waals surface area contributed by atoms with Crippen LogP contribution in [-0.2, 0) is 16.3 Å². The molecule has 106 valence electrons. The van der Waals surface area contributed by atoms with E-state index < -0.39 is 8.07 Å². The molecule has 5 nitrogen and oxygen atoms in total. The maximum Gasteiger partial charge on any atom is 0.158 e. The molecule has 1 unspecified atom stereocenters. The van der Waals surface area contributed by atoms with Crippen LogP contribution in [0.3, 0.4) is 0 Å². The third-order valence-corrected chi connectivity index (χ3v) is 5.12. The number of carbonyl (C=O) groups is 1. The summed E-state index contributed by atoms with van der Waals surface area (Å²) >= 11 is 0. The smallest absolute Gasteiger partial charge is 0.158 e. The fraction of sp³-hybridized carbons (Fsp3) is 0.769. The van der Waals surface area contributed by atoms with Gasteiger partial charge in [-0.05, 0) is 18.9 Å². The zero-order valence-corrected chi connectivity index (χ0v) is 13.1. The average molecular weight is 281 g/mol. The quantitative estimate of drug-likeness (QED) is 0.593. The summed E-state index contributed by atoms with van der Waals surface area (Å²) in [7, 11) is -1.04. The lowest BCUT2D eigenvalue weighted by Crippen LogP contribution is -2.22. The number of hydrogen-bond donors (Lipinski definition) is 0. The molecule has 6 heteroatoms. The Morgan fingerprint density at radius 2 is 2.26 bits per heavy atom. The number of rotatable bonds is 6. The standard InChI is InChI=1S/C13H23N3O2Si/c1-19(2,3)8-7-18-10-16-14-9-12(15-16)11-5-4-6-13(11)17/h9,11H,4-8,10H2,1-3H3. The van der Waals surface area contributed by atoms with E-state index in [0.717, 1.165) is 31.2 Å². The summed E-state index contributed by atoms with van der Waals surface area (Å²) in [4.78, 5) is 13.2. The van der Waals surface area contributed by atoms with E-state index in [9.17, 15) is 4.79 Å². The van der Waals surface area contributed by atoms with Gasteiger partial charge in [0.25, 0.3) is 0 Å². The van der Waals surface area contributed by atoms with Crippen LogP contribution in [0.15, 0.2) is 6.20 Å². The van der Waals surface area contributed by atoms with Gasteiger partial charge in [0.05, 0.1) is 17.8 Å². The third kappa shape index (κ3) is 4.24. The van der Waals surface area contributed by atoms with Crippen LogP contribution in [0.25, 0.3) is 0 Å². The number of Topliss-reactive ketones (excluding diaryl/α,β-unsaturated/α-hetero) is 1. The Kier molecular flexibility index (Phi) is 4.52. The number of nitrogens with zero attached hydrogens (tertiary/aromatic N) is 3. The molecular weight excluding hydrogens is 258 g/mol. The van der Waals surface area contributed by atoms with Crippen molar-refractivity contribution in [1.82, 2.24) is 15.0 Å². The van der Waals surface area contributed by atoms with Gasteiger partial charge in [0, 0.05) is 21.1 Å². The zero-order valence-electron chi connectivity index (χ0n) is 12.1. The number of ketones is 1. The largest absolute Gasteiger partial charge is 0.358 e. The highest BCUT2D eigenvalue weighted by atomic mass is 28.3. The summed E-state index contributed by atoms with van der Waals surface area (Å²) in [5.74, 6) is 0.266. The van der Waals surface area contributed by atoms with Crippen LogP contribution in [0.4, 0.5) is 0 Å². The van der Waals surface area contributed by atoms with Crippen molar-refractivity contribution >= 4 is 13.9 Å². The van der Waals surface area contributed by atoms with Crippen molar-refractivity contribution in [1.29, 1.82) is 0 Å². The molecule has 0 bridgehead atoms. The molecule has 0 radical (unpaired) electrons. The molecule has 1 aromatic rings. The molecule has 1 atom stereocenters. The van der Waals surface area contributed by atoms with Crippen molar-refractivity contribution in [3.8, 4) is 0 Å². The predicted octanol–water partition coefficient (Wildman–Crippen LogP) is 2.43. The number of hydrogen-bond acceptors (Lipinski definition) is 4. The minimum absolute atomic E-state index is 0.0317. The van der Waals surface area contributed by atoms with Crippen LogP contribution in [0.2, 0.25) is 25.7 Å². The lowest BCUT2D eigenvalue weighted by molar-refractivity contribution is -0.118. The van der Waals surface area contributed by atoms with Crippen LogP contribution >= 0.6 is 0 Å². The van der Waals surface area contributed by atoms with Crippen LogP contribution in [-0.4, -0.2) is 35.5 Å². The predicted molar refractivity (Wildman–Crippen MR) is 75.7 cm³/mol. The van der Waals surface area contributed by atoms with Gasteiger partial charge in [-0.1, -0.05) is 19.6 Å². The van der Waals surface area contributed by atoms with E-state index in [-0.39, 0.29) is 5.92 Å². The normalized spacial score (nSPS) is 20.2. The van der Waals surface area contributed by atoms with E-state index in [1.807, 2.05) is 0 Å². The van der Waals surface area contributed by atoms with E-state index in [2.05, 4.69) is 29.8 Å². The van der Waals surface area contributed by atoms with Crippen LogP contribution in [0, 0.1) is 0 Å². The van der Waals surface area contributed by atoms with Crippen molar-refractivity contribution in [2.45, 2.75) is 57.6 Å². The molecular formula is C13H23N3O2Si. The highest BCUT2D eigenvalue weighted by Crippen LogP contribution is 2.29. The van der Waals surface area contributed by atoms with Gasteiger partial charge in [-0.25, -0.2) is 0 Å². The SMILES string of the molecule is C[Si](C)(C)CCOCn1ncc(C2CCCC2=O)n1. The molecule has 0 spiro atoms. The first kappa shape index (κ1) is 14.4. The second-order valence-electron chi connectivity index (χ2n) is 6.40. The van der Waals surface area contributed by atoms with Gasteiger partial charge in [-0.3, -0.25) is 4.79 Å². The summed E-state index contributed by atoms with van der Waals surface area (Å²) in [6, 6.07) is 1.14. The molecule has 1 heterocycles. The minimum atomic E-state index is -1.04. The Bertz CT molecular complexity index is 439. The van der Waals surface area contributed by atoms with Crippen LogP contribution in [0.1, 0.15) is 30.9 Å². The maximum atomic E-state index is 11.7. The van der Waals surface area contributed by atoms with E-state index in [0.29, 0.717) is 18.9 Å². The summed E-state index contributed by atoms with van der Waals surface area (Å²) in [5, 5.41) is 8.52. The number of ether oxygens (including phenoxy) is 1. The molecule has 0 amide bonds. The van der Waals surface area contributed by atoms with Crippen molar-refractivity contribution in [3.05, 3.63) is 11.9 Å². The van der Waals surface area contributed by atoms with Gasteiger partial charge in [0.15, 0.2) is 6.73 Å². The van der Waals surface area contributed by atoms with E-state index in [4.69, 9.17) is 4.74 Å². The highest BCUT2D eigenvalue weighted by Gasteiger charge is 2.28. The van der Waals surface area contributed by atoms with Gasteiger partial charge in [0.1, 0.15) is 5.78 Å². The monoisotopic (exact) mass is 281 g/mol. The summed E-state index contributed by atoms with van der Waals surface area (Å²) < 4.78 is 5.59. The van der Waals surface area contributed by atoms with Crippen LogP contribution in [0.5, 0.6) is 0 Å². The Morgan fingerprint density at radius 3 is 2.89 bits per heavy atom. The molecule has 2 rings (SSSR count). The first-order chi connectivity index (χ1) is 8.96. The zero-order chi connectivity index (χ0) is 13.9. The second-order valence-corrected chi connectivity index (χ2v) is 12.0. The Morgan fingerprint density at radius 1 is 1.47 bits per heavy atom. The summed E-state index contributed by atoms with van der Waals surface area (Å²) in [5.41, 5.74) is 0.802. The molecule has 1 aliphatic rings. The molecule has 1 aliphatic carbocycles. The fourth-order valence-electron chi connectivity index (χ4n) is 2.19. The van der Waals surface area contributed by atoms with Gasteiger partial charge >= 0.3 is 0 Å². The second kappa shape index (κ2) is 5.96. The fourth-order valence-corrected chi connectivity index (χ4v) is 2.94. The van der Waals surface area contributed by atoms with Crippen molar-refractivity contribution in [3.63, 3.8) is 0 Å². The van der Waals surface area contributed by atoms with Crippen molar-refractivity contribution in [2.24, 2.45) is 0 Å². The third-order valence-electron chi connectivity index (χ3n) is 3.42. The summed E-state index contributed by atoms with van der Waals surface area (Å²) in [6.07, 6.45) is 4.27. The Labute approximate surface area is 115 Å². The Balaban J connectivity index is 1.79.